The van der Waals surface area contributed by atoms with Gasteiger partial charge in [0.2, 0.25) is 0 Å². The normalized spacial score (nSPS) is 10.3. The Bertz CT molecular complexity index is 563. The van der Waals surface area contributed by atoms with Crippen molar-refractivity contribution in [2.24, 2.45) is 0 Å². The maximum atomic E-state index is 10.6. The number of hydrogen-bond acceptors (Lipinski definition) is 6. The molecule has 0 amide bonds. The predicted molar refractivity (Wildman–Crippen MR) is 65.2 cm³/mol. The van der Waals surface area contributed by atoms with E-state index < -0.39 is 4.92 Å². The molecule has 0 radical (unpaired) electrons. The summed E-state index contributed by atoms with van der Waals surface area (Å²) in [5, 5.41) is 20.6. The van der Waals surface area contributed by atoms with Gasteiger partial charge in [0.1, 0.15) is 11.4 Å². The minimum absolute atomic E-state index is 0.0360. The molecule has 0 saturated carbocycles. The zero-order valence-corrected chi connectivity index (χ0v) is 10.0. The van der Waals surface area contributed by atoms with Gasteiger partial charge in [0, 0.05) is 23.2 Å². The molecule has 6 nitrogen and oxygen atoms in total. The minimum Gasteiger partial charge on any atom is -0.392 e. The summed E-state index contributed by atoms with van der Waals surface area (Å²) in [6, 6.07) is 6.11. The number of aliphatic hydroxyl groups is 1. The van der Waals surface area contributed by atoms with E-state index in [-0.39, 0.29) is 12.3 Å². The Morgan fingerprint density at radius 2 is 2.22 bits per heavy atom. The van der Waals surface area contributed by atoms with Crippen LogP contribution in [0.5, 0.6) is 0 Å². The third-order valence-electron chi connectivity index (χ3n) is 2.19. The molecule has 1 heterocycles. The number of benzene rings is 1. The molecule has 2 rings (SSSR count). The Balaban J connectivity index is 2.31. The summed E-state index contributed by atoms with van der Waals surface area (Å²) in [6.45, 7) is -0.255. The van der Waals surface area contributed by atoms with Crippen LogP contribution in [-0.4, -0.2) is 20.0 Å². The third-order valence-corrected chi connectivity index (χ3v) is 3.26. The van der Waals surface area contributed by atoms with Crippen LogP contribution >= 0.6 is 11.8 Å². The van der Waals surface area contributed by atoms with E-state index in [4.69, 9.17) is 0 Å². The topological polar surface area (TPSA) is 89.2 Å². The molecule has 0 aliphatic carbocycles. The molecule has 1 N–H and O–H groups in total. The van der Waals surface area contributed by atoms with Gasteiger partial charge < -0.3 is 5.11 Å². The van der Waals surface area contributed by atoms with Crippen molar-refractivity contribution in [1.29, 1.82) is 0 Å². The molecule has 0 saturated heterocycles. The van der Waals surface area contributed by atoms with Crippen molar-refractivity contribution in [3.63, 3.8) is 0 Å². The first-order chi connectivity index (χ1) is 8.70. The molecule has 0 unspecified atom stereocenters. The highest BCUT2D eigenvalue weighted by Gasteiger charge is 2.11. The Labute approximate surface area is 107 Å². The van der Waals surface area contributed by atoms with Crippen LogP contribution in [0.3, 0.4) is 0 Å². The summed E-state index contributed by atoms with van der Waals surface area (Å²) in [5.74, 6) is 0. The Hall–Kier alpha value is -1.99. The van der Waals surface area contributed by atoms with Crippen molar-refractivity contribution in [3.8, 4) is 0 Å². The fourth-order valence-corrected chi connectivity index (χ4v) is 2.20. The number of nitrogens with zero attached hydrogens (tertiary/aromatic N) is 3. The van der Waals surface area contributed by atoms with Gasteiger partial charge in [-0.3, -0.25) is 10.1 Å². The molecule has 0 bridgehead atoms. The van der Waals surface area contributed by atoms with E-state index in [1.165, 1.54) is 30.2 Å². The van der Waals surface area contributed by atoms with E-state index in [9.17, 15) is 15.2 Å². The van der Waals surface area contributed by atoms with Crippen LogP contribution in [-0.2, 0) is 6.61 Å². The molecule has 18 heavy (non-hydrogen) atoms. The van der Waals surface area contributed by atoms with Gasteiger partial charge in [-0.2, -0.15) is 0 Å². The van der Waals surface area contributed by atoms with Crippen LogP contribution in [0.1, 0.15) is 5.56 Å². The number of nitro benzene ring substituents is 1. The molecule has 0 aliphatic rings. The summed E-state index contributed by atoms with van der Waals surface area (Å²) in [5.41, 5.74) is 0.471. The lowest BCUT2D eigenvalue weighted by molar-refractivity contribution is -0.385. The number of rotatable bonds is 4. The molecule has 0 atom stereocenters. The number of nitro groups is 1. The monoisotopic (exact) mass is 263 g/mol. The predicted octanol–water partition coefficient (Wildman–Crippen LogP) is 2.03. The zero-order valence-electron chi connectivity index (χ0n) is 9.18. The maximum absolute atomic E-state index is 10.6. The molecule has 7 heteroatoms. The van der Waals surface area contributed by atoms with Gasteiger partial charge in [-0.25, -0.2) is 9.97 Å². The summed E-state index contributed by atoms with van der Waals surface area (Å²) >= 11 is 1.33. The van der Waals surface area contributed by atoms with Gasteiger partial charge >= 0.3 is 0 Å². The standard InChI is InChI=1S/C11H9N3O3S/c15-6-8-5-9(14(16)17)1-2-10(8)18-11-3-4-12-7-13-11/h1-5,7,15H,6H2. The van der Waals surface area contributed by atoms with E-state index in [0.29, 0.717) is 10.6 Å². The largest absolute Gasteiger partial charge is 0.392 e. The lowest BCUT2D eigenvalue weighted by Gasteiger charge is -2.05. The highest BCUT2D eigenvalue weighted by molar-refractivity contribution is 7.99. The fraction of sp³-hybridized carbons (Fsp3) is 0.0909. The average Bonchev–Trinajstić information content (AvgIpc) is 2.40. The molecule has 92 valence electrons. The SMILES string of the molecule is O=[N+]([O-])c1ccc(Sc2ccncn2)c(CO)c1. The van der Waals surface area contributed by atoms with Gasteiger partial charge in [0.05, 0.1) is 11.5 Å². The van der Waals surface area contributed by atoms with E-state index in [1.54, 1.807) is 18.3 Å². The second-order valence-electron chi connectivity index (χ2n) is 3.36. The summed E-state index contributed by atoms with van der Waals surface area (Å²) in [7, 11) is 0. The molecule has 0 fully saturated rings. The van der Waals surface area contributed by atoms with E-state index in [1.807, 2.05) is 0 Å². The Morgan fingerprint density at radius 3 is 2.83 bits per heavy atom. The summed E-state index contributed by atoms with van der Waals surface area (Å²) < 4.78 is 0. The molecule has 0 aliphatic heterocycles. The smallest absolute Gasteiger partial charge is 0.269 e. The summed E-state index contributed by atoms with van der Waals surface area (Å²) in [6.07, 6.45) is 3.03. The Morgan fingerprint density at radius 1 is 1.39 bits per heavy atom. The number of non-ortho nitro benzene ring substituents is 1. The minimum atomic E-state index is -0.488. The third kappa shape index (κ3) is 2.82. The quantitative estimate of drug-likeness (QED) is 0.515. The van der Waals surface area contributed by atoms with Crippen molar-refractivity contribution in [1.82, 2.24) is 9.97 Å². The first-order valence-electron chi connectivity index (χ1n) is 5.03. The number of aliphatic hydroxyl groups excluding tert-OH is 1. The van der Waals surface area contributed by atoms with Crippen molar-refractivity contribution in [2.45, 2.75) is 16.5 Å². The van der Waals surface area contributed by atoms with Crippen LogP contribution < -0.4 is 0 Å². The average molecular weight is 263 g/mol. The molecular formula is C11H9N3O3S. The van der Waals surface area contributed by atoms with Crippen LogP contribution in [0, 0.1) is 10.1 Å². The highest BCUT2D eigenvalue weighted by atomic mass is 32.2. The van der Waals surface area contributed by atoms with Gasteiger partial charge in [0.15, 0.2) is 0 Å². The molecule has 0 spiro atoms. The molecule has 1 aromatic carbocycles. The van der Waals surface area contributed by atoms with Gasteiger partial charge in [-0.15, -0.1) is 0 Å². The lowest BCUT2D eigenvalue weighted by atomic mass is 10.2. The second kappa shape index (κ2) is 5.56. The molecule has 1 aromatic heterocycles. The van der Waals surface area contributed by atoms with Crippen molar-refractivity contribution >= 4 is 17.4 Å². The molecular weight excluding hydrogens is 254 g/mol. The van der Waals surface area contributed by atoms with Crippen LogP contribution in [0.15, 0.2) is 46.7 Å². The summed E-state index contributed by atoms with van der Waals surface area (Å²) in [4.78, 5) is 18.7. The van der Waals surface area contributed by atoms with Crippen molar-refractivity contribution < 1.29 is 10.0 Å². The van der Waals surface area contributed by atoms with Crippen molar-refractivity contribution in [3.05, 3.63) is 52.5 Å². The second-order valence-corrected chi connectivity index (χ2v) is 4.42. The van der Waals surface area contributed by atoms with Gasteiger partial charge in [0.25, 0.3) is 5.69 Å². The molecule has 2 aromatic rings. The van der Waals surface area contributed by atoms with E-state index in [2.05, 4.69) is 9.97 Å². The lowest BCUT2D eigenvalue weighted by Crippen LogP contribution is -1.93. The first-order valence-corrected chi connectivity index (χ1v) is 5.84. The van der Waals surface area contributed by atoms with Crippen LogP contribution in [0.4, 0.5) is 5.69 Å². The van der Waals surface area contributed by atoms with E-state index in [0.717, 1.165) is 4.90 Å². The first kappa shape index (κ1) is 12.5. The maximum Gasteiger partial charge on any atom is 0.269 e. The highest BCUT2D eigenvalue weighted by Crippen LogP contribution is 2.31. The number of hydrogen-bond donors (Lipinski definition) is 1. The van der Waals surface area contributed by atoms with Crippen LogP contribution in [0.2, 0.25) is 0 Å². The number of aromatic nitrogens is 2. The fourth-order valence-electron chi connectivity index (χ4n) is 1.35. The zero-order chi connectivity index (χ0) is 13.0. The van der Waals surface area contributed by atoms with E-state index >= 15 is 0 Å². The van der Waals surface area contributed by atoms with Crippen molar-refractivity contribution in [2.75, 3.05) is 0 Å². The Kier molecular flexibility index (Phi) is 3.85. The van der Waals surface area contributed by atoms with Gasteiger partial charge in [-0.05, 0) is 17.7 Å². The van der Waals surface area contributed by atoms with Gasteiger partial charge in [-0.1, -0.05) is 11.8 Å². The van der Waals surface area contributed by atoms with Crippen LogP contribution in [0.25, 0.3) is 0 Å².